The van der Waals surface area contributed by atoms with Crippen molar-refractivity contribution < 1.29 is 13.9 Å². The zero-order valence-electron chi connectivity index (χ0n) is 9.57. The predicted octanol–water partition coefficient (Wildman–Crippen LogP) is 4.22. The van der Waals surface area contributed by atoms with E-state index in [2.05, 4.69) is 15.9 Å². The molecule has 0 radical (unpaired) electrons. The van der Waals surface area contributed by atoms with Crippen LogP contribution in [0.5, 0.6) is 5.75 Å². The molecule has 0 fully saturated rings. The van der Waals surface area contributed by atoms with E-state index in [1.807, 2.05) is 0 Å². The van der Waals surface area contributed by atoms with Gasteiger partial charge in [-0.2, -0.15) is 0 Å². The summed E-state index contributed by atoms with van der Waals surface area (Å²) in [4.78, 5) is 12.4. The lowest BCUT2D eigenvalue weighted by atomic mass is 10.2. The van der Waals surface area contributed by atoms with E-state index in [0.29, 0.717) is 10.4 Å². The Balaban J connectivity index is 2.04. The van der Waals surface area contributed by atoms with Crippen molar-refractivity contribution in [3.05, 3.63) is 50.4 Å². The van der Waals surface area contributed by atoms with Gasteiger partial charge in [-0.15, -0.1) is 11.3 Å². The van der Waals surface area contributed by atoms with E-state index in [9.17, 15) is 9.18 Å². The standard InChI is InChI=1S/C13H10BrFO2S/c1-8-3-2-4-10(13(8)15)17-7-9(16)11-5-6-12(14)18-11/h2-6H,7H2,1H3. The van der Waals surface area contributed by atoms with E-state index in [4.69, 9.17) is 4.74 Å². The molecule has 1 heterocycles. The fourth-order valence-corrected chi connectivity index (χ4v) is 2.72. The van der Waals surface area contributed by atoms with Gasteiger partial charge >= 0.3 is 0 Å². The van der Waals surface area contributed by atoms with Crippen molar-refractivity contribution in [1.82, 2.24) is 0 Å². The van der Waals surface area contributed by atoms with Gasteiger partial charge in [-0.3, -0.25) is 4.79 Å². The number of ketones is 1. The molecule has 2 rings (SSSR count). The lowest BCUT2D eigenvalue weighted by Crippen LogP contribution is -2.11. The van der Waals surface area contributed by atoms with Gasteiger partial charge in [-0.05, 0) is 46.6 Å². The molecule has 0 saturated carbocycles. The van der Waals surface area contributed by atoms with Gasteiger partial charge in [0.2, 0.25) is 5.78 Å². The summed E-state index contributed by atoms with van der Waals surface area (Å²) in [6.07, 6.45) is 0. The van der Waals surface area contributed by atoms with Crippen molar-refractivity contribution in [3.8, 4) is 5.75 Å². The minimum atomic E-state index is -0.419. The summed E-state index contributed by atoms with van der Waals surface area (Å²) in [7, 11) is 0. The fraction of sp³-hybridized carbons (Fsp3) is 0.154. The van der Waals surface area contributed by atoms with Gasteiger partial charge in [0.05, 0.1) is 8.66 Å². The summed E-state index contributed by atoms with van der Waals surface area (Å²) in [6, 6.07) is 8.37. The van der Waals surface area contributed by atoms with Gasteiger partial charge in [-0.25, -0.2) is 4.39 Å². The van der Waals surface area contributed by atoms with E-state index in [0.717, 1.165) is 3.79 Å². The van der Waals surface area contributed by atoms with Crippen LogP contribution in [0.4, 0.5) is 4.39 Å². The molecule has 1 aromatic carbocycles. The second kappa shape index (κ2) is 5.63. The van der Waals surface area contributed by atoms with Crippen LogP contribution in [-0.2, 0) is 0 Å². The monoisotopic (exact) mass is 328 g/mol. The molecule has 2 aromatic rings. The lowest BCUT2D eigenvalue weighted by Gasteiger charge is -2.07. The number of benzene rings is 1. The van der Waals surface area contributed by atoms with Gasteiger partial charge in [0, 0.05) is 0 Å². The maximum absolute atomic E-state index is 13.6. The van der Waals surface area contributed by atoms with Crippen molar-refractivity contribution in [2.24, 2.45) is 0 Å². The van der Waals surface area contributed by atoms with Gasteiger partial charge in [0.1, 0.15) is 0 Å². The highest BCUT2D eigenvalue weighted by atomic mass is 79.9. The number of hydrogen-bond donors (Lipinski definition) is 0. The highest BCUT2D eigenvalue weighted by molar-refractivity contribution is 9.11. The van der Waals surface area contributed by atoms with Crippen molar-refractivity contribution in [1.29, 1.82) is 0 Å². The Morgan fingerprint density at radius 3 is 2.83 bits per heavy atom. The molecule has 2 nitrogen and oxygen atoms in total. The van der Waals surface area contributed by atoms with Crippen LogP contribution in [0.3, 0.4) is 0 Å². The minimum Gasteiger partial charge on any atom is -0.482 e. The highest BCUT2D eigenvalue weighted by Gasteiger charge is 2.12. The van der Waals surface area contributed by atoms with E-state index in [1.165, 1.54) is 17.4 Å². The van der Waals surface area contributed by atoms with Crippen LogP contribution < -0.4 is 4.74 Å². The second-order valence-corrected chi connectivity index (χ2v) is 6.17. The average Bonchev–Trinajstić information content (AvgIpc) is 2.77. The molecule has 1 aromatic heterocycles. The molecule has 0 spiro atoms. The van der Waals surface area contributed by atoms with Crippen LogP contribution >= 0.6 is 27.3 Å². The Bertz CT molecular complexity index is 580. The van der Waals surface area contributed by atoms with Gasteiger partial charge in [-0.1, -0.05) is 12.1 Å². The van der Waals surface area contributed by atoms with E-state index in [-0.39, 0.29) is 18.1 Å². The van der Waals surface area contributed by atoms with Crippen LogP contribution in [0.25, 0.3) is 0 Å². The van der Waals surface area contributed by atoms with Crippen molar-refractivity contribution in [2.75, 3.05) is 6.61 Å². The molecule has 0 amide bonds. The van der Waals surface area contributed by atoms with Crippen LogP contribution in [0.2, 0.25) is 0 Å². The molecule has 5 heteroatoms. The van der Waals surface area contributed by atoms with Crippen LogP contribution in [0, 0.1) is 12.7 Å². The summed E-state index contributed by atoms with van der Waals surface area (Å²) in [5.41, 5.74) is 0.499. The molecule has 0 unspecified atom stereocenters. The summed E-state index contributed by atoms with van der Waals surface area (Å²) in [5.74, 6) is -0.469. The molecular formula is C13H10BrFO2S. The number of carbonyl (C=O) groups is 1. The molecule has 0 aliphatic rings. The third-order valence-electron chi connectivity index (χ3n) is 2.36. The van der Waals surface area contributed by atoms with Crippen molar-refractivity contribution in [2.45, 2.75) is 6.92 Å². The first-order valence-electron chi connectivity index (χ1n) is 5.24. The molecule has 0 aliphatic heterocycles. The molecule has 0 N–H and O–H groups in total. The van der Waals surface area contributed by atoms with Crippen molar-refractivity contribution >= 4 is 33.0 Å². The third-order valence-corrected chi connectivity index (χ3v) is 4.03. The van der Waals surface area contributed by atoms with Gasteiger partial charge < -0.3 is 4.74 Å². The van der Waals surface area contributed by atoms with Gasteiger partial charge in [0.25, 0.3) is 0 Å². The van der Waals surface area contributed by atoms with E-state index < -0.39 is 5.82 Å². The lowest BCUT2D eigenvalue weighted by molar-refractivity contribution is 0.0922. The zero-order chi connectivity index (χ0) is 13.1. The first kappa shape index (κ1) is 13.2. The smallest absolute Gasteiger partial charge is 0.210 e. The molecule has 94 valence electrons. The Hall–Kier alpha value is -1.20. The summed E-state index contributed by atoms with van der Waals surface area (Å²) in [6.45, 7) is 1.49. The largest absolute Gasteiger partial charge is 0.482 e. The molecular weight excluding hydrogens is 319 g/mol. The number of thiophene rings is 1. The predicted molar refractivity (Wildman–Crippen MR) is 73.0 cm³/mol. The van der Waals surface area contributed by atoms with Crippen LogP contribution in [0.15, 0.2) is 34.1 Å². The fourth-order valence-electron chi connectivity index (χ4n) is 1.41. The van der Waals surface area contributed by atoms with Crippen LogP contribution in [0.1, 0.15) is 15.2 Å². The van der Waals surface area contributed by atoms with Crippen LogP contribution in [-0.4, -0.2) is 12.4 Å². The van der Waals surface area contributed by atoms with E-state index in [1.54, 1.807) is 31.2 Å². The summed E-state index contributed by atoms with van der Waals surface area (Å²) in [5, 5.41) is 0. The minimum absolute atomic E-state index is 0.110. The van der Waals surface area contributed by atoms with E-state index >= 15 is 0 Å². The number of hydrogen-bond acceptors (Lipinski definition) is 3. The maximum Gasteiger partial charge on any atom is 0.210 e. The Labute approximate surface area is 117 Å². The summed E-state index contributed by atoms with van der Waals surface area (Å²) >= 11 is 4.61. The summed E-state index contributed by atoms with van der Waals surface area (Å²) < 4.78 is 19.7. The Morgan fingerprint density at radius 2 is 2.17 bits per heavy atom. The molecule has 0 atom stereocenters. The zero-order valence-corrected chi connectivity index (χ0v) is 12.0. The van der Waals surface area contributed by atoms with Gasteiger partial charge in [0.15, 0.2) is 18.2 Å². The second-order valence-electron chi connectivity index (χ2n) is 3.70. The number of halogens is 2. The quantitative estimate of drug-likeness (QED) is 0.785. The maximum atomic E-state index is 13.6. The number of rotatable bonds is 4. The Morgan fingerprint density at radius 1 is 1.39 bits per heavy atom. The number of carbonyl (C=O) groups excluding carboxylic acids is 1. The molecule has 0 saturated heterocycles. The third kappa shape index (κ3) is 2.97. The number of aryl methyl sites for hydroxylation is 1. The Kier molecular flexibility index (Phi) is 4.14. The first-order chi connectivity index (χ1) is 8.58. The normalized spacial score (nSPS) is 10.4. The SMILES string of the molecule is Cc1cccc(OCC(=O)c2ccc(Br)s2)c1F. The number of Topliss-reactive ketones (excluding diaryl/α,β-unsaturated/α-hetero) is 1. The average molecular weight is 329 g/mol. The number of ether oxygens (including phenoxy) is 1. The molecule has 0 aliphatic carbocycles. The first-order valence-corrected chi connectivity index (χ1v) is 6.85. The van der Waals surface area contributed by atoms with Crippen molar-refractivity contribution in [3.63, 3.8) is 0 Å². The topological polar surface area (TPSA) is 26.3 Å². The molecule has 18 heavy (non-hydrogen) atoms. The highest BCUT2D eigenvalue weighted by Crippen LogP contribution is 2.23. The molecule has 0 bridgehead atoms.